The molecule has 1 aromatic carbocycles. The van der Waals surface area contributed by atoms with E-state index in [1.165, 1.54) is 4.31 Å². The lowest BCUT2D eigenvalue weighted by Crippen LogP contribution is -2.42. The van der Waals surface area contributed by atoms with Crippen LogP contribution < -0.4 is 10.5 Å². The number of benzene rings is 1. The van der Waals surface area contributed by atoms with Gasteiger partial charge in [0.05, 0.1) is 11.0 Å². The van der Waals surface area contributed by atoms with Crippen molar-refractivity contribution >= 4 is 22.4 Å². The summed E-state index contributed by atoms with van der Waals surface area (Å²) >= 11 is 0. The molecule has 1 saturated heterocycles. The van der Waals surface area contributed by atoms with Gasteiger partial charge in [0.15, 0.2) is 0 Å². The number of halogens is 1. The Morgan fingerprint density at radius 2 is 1.71 bits per heavy atom. The molecule has 1 fully saturated rings. The molecule has 0 bridgehead atoms. The molecule has 2 rings (SSSR count). The third kappa shape index (κ3) is 4.57. The van der Waals surface area contributed by atoms with E-state index >= 15 is 0 Å². The van der Waals surface area contributed by atoms with Crippen molar-refractivity contribution in [3.05, 3.63) is 24.3 Å². The van der Waals surface area contributed by atoms with Gasteiger partial charge >= 0.3 is 0 Å². The second-order valence-electron chi connectivity index (χ2n) is 5.38. The zero-order chi connectivity index (χ0) is 14.8. The molecule has 0 saturated carbocycles. The summed E-state index contributed by atoms with van der Waals surface area (Å²) in [5.41, 5.74) is 5.81. The van der Waals surface area contributed by atoms with E-state index in [-0.39, 0.29) is 24.6 Å². The summed E-state index contributed by atoms with van der Waals surface area (Å²) in [6.45, 7) is 4.85. The largest absolute Gasteiger partial charge is 0.491 e. The first-order chi connectivity index (χ1) is 9.39. The minimum atomic E-state index is -3.41. The van der Waals surface area contributed by atoms with Crippen LogP contribution in [0.1, 0.15) is 26.7 Å². The maximum atomic E-state index is 12.5. The standard InChI is InChI=1S/C14H22N2O3S.ClH/c1-11(2)19-13-3-5-14(6-4-13)20(17,18)16-9-7-12(15)8-10-16;/h3-6,11-12H,7-10,15H2,1-2H3;1H. The highest BCUT2D eigenvalue weighted by atomic mass is 35.5. The predicted molar refractivity (Wildman–Crippen MR) is 85.4 cm³/mol. The molecule has 2 N–H and O–H groups in total. The van der Waals surface area contributed by atoms with Crippen molar-refractivity contribution < 1.29 is 13.2 Å². The van der Waals surface area contributed by atoms with Gasteiger partial charge in [0.2, 0.25) is 10.0 Å². The highest BCUT2D eigenvalue weighted by molar-refractivity contribution is 7.89. The van der Waals surface area contributed by atoms with Crippen LogP contribution in [0.5, 0.6) is 5.75 Å². The van der Waals surface area contributed by atoms with E-state index in [0.29, 0.717) is 36.6 Å². The molecule has 0 unspecified atom stereocenters. The van der Waals surface area contributed by atoms with Gasteiger partial charge in [-0.25, -0.2) is 8.42 Å². The van der Waals surface area contributed by atoms with Crippen LogP contribution in [0.4, 0.5) is 0 Å². The molecular weight excluding hydrogens is 312 g/mol. The monoisotopic (exact) mass is 334 g/mol. The summed E-state index contributed by atoms with van der Waals surface area (Å²) in [5, 5.41) is 0. The Bertz CT molecular complexity index is 538. The van der Waals surface area contributed by atoms with Gasteiger partial charge in [-0.05, 0) is 51.0 Å². The molecule has 7 heteroatoms. The maximum absolute atomic E-state index is 12.5. The van der Waals surface area contributed by atoms with Gasteiger partial charge in [-0.3, -0.25) is 0 Å². The number of ether oxygens (including phenoxy) is 1. The van der Waals surface area contributed by atoms with Crippen LogP contribution >= 0.6 is 12.4 Å². The lowest BCUT2D eigenvalue weighted by molar-refractivity contribution is 0.242. The third-order valence-corrected chi connectivity index (χ3v) is 5.24. The van der Waals surface area contributed by atoms with Crippen LogP contribution in [-0.4, -0.2) is 38.0 Å². The van der Waals surface area contributed by atoms with E-state index in [4.69, 9.17) is 10.5 Å². The van der Waals surface area contributed by atoms with Crippen LogP contribution in [0.2, 0.25) is 0 Å². The first-order valence-electron chi connectivity index (χ1n) is 6.92. The molecule has 0 radical (unpaired) electrons. The predicted octanol–water partition coefficient (Wildman–Crippen LogP) is 2.01. The van der Waals surface area contributed by atoms with Crippen molar-refractivity contribution in [3.8, 4) is 5.75 Å². The Hall–Kier alpha value is -0.820. The molecule has 1 aromatic rings. The van der Waals surface area contributed by atoms with Crippen molar-refractivity contribution in [1.29, 1.82) is 0 Å². The molecule has 1 heterocycles. The SMILES string of the molecule is CC(C)Oc1ccc(S(=O)(=O)N2CCC(N)CC2)cc1.Cl. The smallest absolute Gasteiger partial charge is 0.243 e. The fourth-order valence-corrected chi connectivity index (χ4v) is 3.70. The number of sulfonamides is 1. The molecule has 5 nitrogen and oxygen atoms in total. The van der Waals surface area contributed by atoms with Crippen LogP contribution in [-0.2, 0) is 10.0 Å². The number of nitrogens with zero attached hydrogens (tertiary/aromatic N) is 1. The van der Waals surface area contributed by atoms with Gasteiger partial charge in [-0.1, -0.05) is 0 Å². The molecular formula is C14H23ClN2O3S. The topological polar surface area (TPSA) is 72.6 Å². The van der Waals surface area contributed by atoms with E-state index in [1.54, 1.807) is 24.3 Å². The molecule has 1 aliphatic rings. The van der Waals surface area contributed by atoms with Crippen LogP contribution in [0.15, 0.2) is 29.2 Å². The molecule has 0 atom stereocenters. The molecule has 1 aliphatic heterocycles. The highest BCUT2D eigenvalue weighted by Crippen LogP contribution is 2.22. The second-order valence-corrected chi connectivity index (χ2v) is 7.32. The highest BCUT2D eigenvalue weighted by Gasteiger charge is 2.28. The third-order valence-electron chi connectivity index (χ3n) is 3.33. The van der Waals surface area contributed by atoms with Crippen molar-refractivity contribution in [2.75, 3.05) is 13.1 Å². The molecule has 0 amide bonds. The van der Waals surface area contributed by atoms with Gasteiger partial charge in [0.1, 0.15) is 5.75 Å². The van der Waals surface area contributed by atoms with Crippen molar-refractivity contribution in [2.24, 2.45) is 5.73 Å². The van der Waals surface area contributed by atoms with Crippen LogP contribution in [0.3, 0.4) is 0 Å². The zero-order valence-electron chi connectivity index (χ0n) is 12.4. The fraction of sp³-hybridized carbons (Fsp3) is 0.571. The number of nitrogens with two attached hydrogens (primary N) is 1. The summed E-state index contributed by atoms with van der Waals surface area (Å²) in [5.74, 6) is 0.680. The van der Waals surface area contributed by atoms with Crippen LogP contribution in [0.25, 0.3) is 0 Å². The summed E-state index contributed by atoms with van der Waals surface area (Å²) in [7, 11) is -3.41. The van der Waals surface area contributed by atoms with Gasteiger partial charge in [-0.2, -0.15) is 4.31 Å². The number of hydrogen-bond acceptors (Lipinski definition) is 4. The summed E-state index contributed by atoms with van der Waals surface area (Å²) in [6.07, 6.45) is 1.50. The van der Waals surface area contributed by atoms with Gasteiger partial charge in [0.25, 0.3) is 0 Å². The minimum Gasteiger partial charge on any atom is -0.491 e. The Morgan fingerprint density at radius 3 is 2.19 bits per heavy atom. The first kappa shape index (κ1) is 18.2. The zero-order valence-corrected chi connectivity index (χ0v) is 14.0. The van der Waals surface area contributed by atoms with Gasteiger partial charge in [-0.15, -0.1) is 12.4 Å². The fourth-order valence-electron chi connectivity index (χ4n) is 2.23. The molecule has 0 aromatic heterocycles. The van der Waals surface area contributed by atoms with Gasteiger partial charge < -0.3 is 10.5 Å². The first-order valence-corrected chi connectivity index (χ1v) is 8.36. The normalized spacial score (nSPS) is 17.5. The number of piperidine rings is 1. The lowest BCUT2D eigenvalue weighted by atomic mass is 10.1. The van der Waals surface area contributed by atoms with Crippen molar-refractivity contribution in [1.82, 2.24) is 4.31 Å². The Balaban J connectivity index is 0.00000220. The summed E-state index contributed by atoms with van der Waals surface area (Å²) < 4.78 is 32.0. The lowest BCUT2D eigenvalue weighted by Gasteiger charge is -2.29. The van der Waals surface area contributed by atoms with E-state index in [9.17, 15) is 8.42 Å². The summed E-state index contributed by atoms with van der Waals surface area (Å²) in [4.78, 5) is 0.309. The molecule has 120 valence electrons. The average Bonchev–Trinajstić information content (AvgIpc) is 2.39. The van der Waals surface area contributed by atoms with Crippen molar-refractivity contribution in [2.45, 2.75) is 43.7 Å². The van der Waals surface area contributed by atoms with E-state index in [1.807, 2.05) is 13.8 Å². The second kappa shape index (κ2) is 7.45. The molecule has 21 heavy (non-hydrogen) atoms. The average molecular weight is 335 g/mol. The minimum absolute atomic E-state index is 0. The number of hydrogen-bond donors (Lipinski definition) is 1. The van der Waals surface area contributed by atoms with E-state index in [2.05, 4.69) is 0 Å². The van der Waals surface area contributed by atoms with E-state index in [0.717, 1.165) is 0 Å². The quantitative estimate of drug-likeness (QED) is 0.914. The van der Waals surface area contributed by atoms with Gasteiger partial charge in [0, 0.05) is 19.1 Å². The Kier molecular flexibility index (Phi) is 6.46. The number of rotatable bonds is 4. The molecule has 0 aliphatic carbocycles. The van der Waals surface area contributed by atoms with Crippen molar-refractivity contribution in [3.63, 3.8) is 0 Å². The Labute approximate surface area is 132 Å². The molecule has 0 spiro atoms. The van der Waals surface area contributed by atoms with E-state index < -0.39 is 10.0 Å². The van der Waals surface area contributed by atoms with Crippen LogP contribution in [0, 0.1) is 0 Å². The maximum Gasteiger partial charge on any atom is 0.243 e. The Morgan fingerprint density at radius 1 is 1.19 bits per heavy atom. The summed E-state index contributed by atoms with van der Waals surface area (Å²) in [6, 6.07) is 6.71.